The Morgan fingerprint density at radius 2 is 2.22 bits per heavy atom. The normalized spacial score (nSPS) is 18.2. The van der Waals surface area contributed by atoms with Crippen molar-refractivity contribution in [1.82, 2.24) is 4.90 Å². The molecule has 1 atom stereocenters. The summed E-state index contributed by atoms with van der Waals surface area (Å²) < 4.78 is 11.4. The minimum Gasteiger partial charge on any atom is -0.497 e. The number of carboxylic acids is 1. The summed E-state index contributed by atoms with van der Waals surface area (Å²) in [7, 11) is 1.61. The number of aliphatic carboxylic acids is 1. The van der Waals surface area contributed by atoms with E-state index in [0.717, 1.165) is 21.4 Å². The maximum absolute atomic E-state index is 12.8. The van der Waals surface area contributed by atoms with Gasteiger partial charge in [0.25, 0.3) is 5.91 Å². The summed E-state index contributed by atoms with van der Waals surface area (Å²) in [5, 5.41) is 10.0. The van der Waals surface area contributed by atoms with E-state index in [4.69, 9.17) is 14.6 Å². The monoisotopic (exact) mass is 335 g/mol. The van der Waals surface area contributed by atoms with Gasteiger partial charge >= 0.3 is 5.97 Å². The predicted molar refractivity (Wildman–Crippen MR) is 86.4 cm³/mol. The molecule has 1 fully saturated rings. The molecule has 1 aromatic heterocycles. The summed E-state index contributed by atoms with van der Waals surface area (Å²) in [5.41, 5.74) is 0.896. The van der Waals surface area contributed by atoms with E-state index in [2.05, 4.69) is 0 Å². The molecular weight excluding hydrogens is 318 g/mol. The SMILES string of the molecule is COc1ccc2sc(C(=O)N3CCO[C@@H](C(=O)O)C3)c(C)c2c1. The van der Waals surface area contributed by atoms with E-state index >= 15 is 0 Å². The number of hydrogen-bond donors (Lipinski definition) is 1. The topological polar surface area (TPSA) is 76.1 Å². The smallest absolute Gasteiger partial charge is 0.334 e. The number of methoxy groups -OCH3 is 1. The van der Waals surface area contributed by atoms with E-state index in [-0.39, 0.29) is 19.1 Å². The third kappa shape index (κ3) is 2.89. The Morgan fingerprint density at radius 3 is 2.91 bits per heavy atom. The summed E-state index contributed by atoms with van der Waals surface area (Å²) in [6.07, 6.45) is -0.956. The zero-order valence-corrected chi connectivity index (χ0v) is 13.7. The summed E-state index contributed by atoms with van der Waals surface area (Å²) in [6.45, 7) is 2.62. The second-order valence-corrected chi connectivity index (χ2v) is 6.42. The molecule has 1 aromatic carbocycles. The van der Waals surface area contributed by atoms with Crippen LogP contribution in [0.3, 0.4) is 0 Å². The Hall–Kier alpha value is -2.12. The molecule has 2 aromatic rings. The van der Waals surface area contributed by atoms with Crippen LogP contribution in [0.1, 0.15) is 15.2 Å². The van der Waals surface area contributed by atoms with Gasteiger partial charge in [0.2, 0.25) is 0 Å². The predicted octanol–water partition coefficient (Wildman–Crippen LogP) is 2.14. The number of morpholine rings is 1. The molecule has 1 amide bonds. The third-order valence-electron chi connectivity index (χ3n) is 3.97. The van der Waals surface area contributed by atoms with Crippen LogP contribution in [-0.2, 0) is 9.53 Å². The molecular formula is C16H17NO5S. The Morgan fingerprint density at radius 1 is 1.43 bits per heavy atom. The molecule has 6 nitrogen and oxygen atoms in total. The molecule has 0 bridgehead atoms. The summed E-state index contributed by atoms with van der Waals surface area (Å²) in [6, 6.07) is 5.71. The van der Waals surface area contributed by atoms with Crippen LogP contribution in [-0.4, -0.2) is 54.8 Å². The maximum atomic E-state index is 12.8. The number of nitrogens with zero attached hydrogens (tertiary/aromatic N) is 1. The average Bonchev–Trinajstić information content (AvgIpc) is 2.90. The van der Waals surface area contributed by atoms with E-state index in [0.29, 0.717) is 11.4 Å². The minimum absolute atomic E-state index is 0.0746. The van der Waals surface area contributed by atoms with Crippen molar-refractivity contribution >= 4 is 33.3 Å². The number of rotatable bonds is 3. The standard InChI is InChI=1S/C16H17NO5S/c1-9-11-7-10(21-2)3-4-13(11)23-14(9)15(18)17-5-6-22-12(8-17)16(19)20/h3-4,7,12H,5-6,8H2,1-2H3,(H,19,20)/t12-/m1/s1. The number of hydrogen-bond acceptors (Lipinski definition) is 5. The second-order valence-electron chi connectivity index (χ2n) is 5.37. The number of thiophene rings is 1. The van der Waals surface area contributed by atoms with E-state index in [1.807, 2.05) is 25.1 Å². The Kier molecular flexibility index (Phi) is 4.23. The number of benzene rings is 1. The number of carboxylic acid groups (broad SMARTS) is 1. The Balaban J connectivity index is 1.91. The van der Waals surface area contributed by atoms with Crippen LogP contribution in [0.25, 0.3) is 10.1 Å². The highest BCUT2D eigenvalue weighted by atomic mass is 32.1. The number of aryl methyl sites for hydroxylation is 1. The number of fused-ring (bicyclic) bond motifs is 1. The number of carbonyl (C=O) groups excluding carboxylic acids is 1. The molecule has 7 heteroatoms. The second kappa shape index (κ2) is 6.17. The summed E-state index contributed by atoms with van der Waals surface area (Å²) >= 11 is 1.42. The first kappa shape index (κ1) is 15.8. The summed E-state index contributed by atoms with van der Waals surface area (Å²) in [4.78, 5) is 26.0. The van der Waals surface area contributed by atoms with Crippen molar-refractivity contribution in [3.05, 3.63) is 28.6 Å². The van der Waals surface area contributed by atoms with Gasteiger partial charge in [0.05, 0.1) is 25.1 Å². The first-order valence-electron chi connectivity index (χ1n) is 7.22. The van der Waals surface area contributed by atoms with Gasteiger partial charge < -0.3 is 19.5 Å². The number of carbonyl (C=O) groups is 2. The quantitative estimate of drug-likeness (QED) is 0.930. The molecule has 0 saturated carbocycles. The van der Waals surface area contributed by atoms with Gasteiger partial charge in [-0.05, 0) is 36.1 Å². The highest BCUT2D eigenvalue weighted by Gasteiger charge is 2.31. The van der Waals surface area contributed by atoms with Gasteiger partial charge in [0, 0.05) is 11.2 Å². The van der Waals surface area contributed by atoms with Crippen LogP contribution >= 0.6 is 11.3 Å². The van der Waals surface area contributed by atoms with Crippen molar-refractivity contribution in [3.8, 4) is 5.75 Å². The molecule has 1 N–H and O–H groups in total. The van der Waals surface area contributed by atoms with E-state index in [9.17, 15) is 9.59 Å². The fourth-order valence-corrected chi connectivity index (χ4v) is 3.82. The largest absolute Gasteiger partial charge is 0.497 e. The first-order valence-corrected chi connectivity index (χ1v) is 8.03. The highest BCUT2D eigenvalue weighted by molar-refractivity contribution is 7.21. The molecule has 23 heavy (non-hydrogen) atoms. The van der Waals surface area contributed by atoms with Gasteiger partial charge in [-0.1, -0.05) is 0 Å². The molecule has 0 aliphatic carbocycles. The van der Waals surface area contributed by atoms with Crippen molar-refractivity contribution in [1.29, 1.82) is 0 Å². The molecule has 2 heterocycles. The van der Waals surface area contributed by atoms with E-state index in [1.165, 1.54) is 11.3 Å². The first-order chi connectivity index (χ1) is 11.0. The maximum Gasteiger partial charge on any atom is 0.334 e. The van der Waals surface area contributed by atoms with Crippen molar-refractivity contribution < 1.29 is 24.2 Å². The molecule has 0 unspecified atom stereocenters. The van der Waals surface area contributed by atoms with Gasteiger partial charge in [-0.15, -0.1) is 11.3 Å². The lowest BCUT2D eigenvalue weighted by atomic mass is 10.1. The van der Waals surface area contributed by atoms with Crippen LogP contribution in [0.5, 0.6) is 5.75 Å². The van der Waals surface area contributed by atoms with E-state index < -0.39 is 12.1 Å². The van der Waals surface area contributed by atoms with Gasteiger partial charge in [-0.25, -0.2) is 4.79 Å². The molecule has 0 spiro atoms. The minimum atomic E-state index is -1.04. The number of ether oxygens (including phenoxy) is 2. The van der Waals surface area contributed by atoms with Crippen LogP contribution < -0.4 is 4.74 Å². The number of amides is 1. The Bertz CT molecular complexity index is 769. The van der Waals surface area contributed by atoms with Crippen LogP contribution in [0.15, 0.2) is 18.2 Å². The van der Waals surface area contributed by atoms with Gasteiger partial charge in [0.15, 0.2) is 6.10 Å². The van der Waals surface area contributed by atoms with Crippen molar-refractivity contribution in [2.75, 3.05) is 26.8 Å². The van der Waals surface area contributed by atoms with Crippen LogP contribution in [0.2, 0.25) is 0 Å². The zero-order chi connectivity index (χ0) is 16.6. The third-order valence-corrected chi connectivity index (χ3v) is 5.23. The van der Waals surface area contributed by atoms with Gasteiger partial charge in [-0.2, -0.15) is 0 Å². The zero-order valence-electron chi connectivity index (χ0n) is 12.9. The molecule has 1 aliphatic rings. The molecule has 3 rings (SSSR count). The van der Waals surface area contributed by atoms with Crippen LogP contribution in [0, 0.1) is 6.92 Å². The van der Waals surface area contributed by atoms with Gasteiger partial charge in [-0.3, -0.25) is 4.79 Å². The van der Waals surface area contributed by atoms with Gasteiger partial charge in [0.1, 0.15) is 5.75 Å². The molecule has 1 saturated heterocycles. The highest BCUT2D eigenvalue weighted by Crippen LogP contribution is 2.34. The fraction of sp³-hybridized carbons (Fsp3) is 0.375. The van der Waals surface area contributed by atoms with E-state index in [1.54, 1.807) is 12.0 Å². The van der Waals surface area contributed by atoms with Crippen molar-refractivity contribution in [2.45, 2.75) is 13.0 Å². The lowest BCUT2D eigenvalue weighted by Gasteiger charge is -2.30. The summed E-state index contributed by atoms with van der Waals surface area (Å²) in [5.74, 6) is -0.438. The average molecular weight is 335 g/mol. The molecule has 0 radical (unpaired) electrons. The van der Waals surface area contributed by atoms with Crippen LogP contribution in [0.4, 0.5) is 0 Å². The lowest BCUT2D eigenvalue weighted by molar-refractivity contribution is -0.154. The van der Waals surface area contributed by atoms with Crippen molar-refractivity contribution in [2.24, 2.45) is 0 Å². The fourth-order valence-electron chi connectivity index (χ4n) is 2.66. The molecule has 1 aliphatic heterocycles. The lowest BCUT2D eigenvalue weighted by Crippen LogP contribution is -2.48. The van der Waals surface area contributed by atoms with Crippen molar-refractivity contribution in [3.63, 3.8) is 0 Å². The molecule has 122 valence electrons. The Labute approximate surface area is 137 Å².